The molecule has 1 amide bonds. The quantitative estimate of drug-likeness (QED) is 0.305. The number of nitrogens with one attached hydrogen (secondary N) is 1. The first-order valence-corrected chi connectivity index (χ1v) is 9.81. The van der Waals surface area contributed by atoms with Gasteiger partial charge < -0.3 is 9.67 Å². The van der Waals surface area contributed by atoms with Crippen LogP contribution in [0.4, 0.5) is 4.39 Å². The lowest BCUT2D eigenvalue weighted by molar-refractivity contribution is 0.0168. The number of thiazole rings is 1. The summed E-state index contributed by atoms with van der Waals surface area (Å²) in [5, 5.41) is 8.80. The second-order valence-electron chi connectivity index (χ2n) is 5.63. The summed E-state index contributed by atoms with van der Waals surface area (Å²) in [5.74, 6) is -1.04. The first-order chi connectivity index (χ1) is 12.9. The molecular weight excluding hydrogens is 488 g/mol. The van der Waals surface area contributed by atoms with E-state index in [1.807, 2.05) is 22.6 Å². The molecule has 0 atom stereocenters. The van der Waals surface area contributed by atoms with Crippen LogP contribution in [0, 0.1) is 9.39 Å². The van der Waals surface area contributed by atoms with Crippen LogP contribution in [0.15, 0.2) is 28.5 Å². The summed E-state index contributed by atoms with van der Waals surface area (Å²) in [5.41, 5.74) is 4.47. The Morgan fingerprint density at radius 3 is 2.96 bits per heavy atom. The molecule has 1 aromatic carbocycles. The number of nitrogens with zero attached hydrogens (tertiary/aromatic N) is 2. The fraction of sp³-hybridized carbons (Fsp3) is 0.235. The molecule has 0 aliphatic heterocycles. The number of carbonyl (C=O) groups excluding carboxylic acids is 1. The van der Waals surface area contributed by atoms with Crippen molar-refractivity contribution in [3.05, 3.63) is 60.3 Å². The van der Waals surface area contributed by atoms with Gasteiger partial charge in [0.25, 0.3) is 11.5 Å². The smallest absolute Gasteiger partial charge is 0.278 e. The number of fused-ring (bicyclic) bond motifs is 1. The third-order valence-corrected chi connectivity index (χ3v) is 5.44. The zero-order chi connectivity index (χ0) is 19.6. The predicted molar refractivity (Wildman–Crippen MR) is 107 cm³/mol. The van der Waals surface area contributed by atoms with Gasteiger partial charge in [-0.2, -0.15) is 0 Å². The van der Waals surface area contributed by atoms with E-state index in [0.29, 0.717) is 16.0 Å². The molecule has 0 saturated heterocycles. The van der Waals surface area contributed by atoms with Crippen LogP contribution in [-0.4, -0.2) is 33.8 Å². The lowest BCUT2D eigenvalue weighted by Gasteiger charge is -2.15. The van der Waals surface area contributed by atoms with Gasteiger partial charge in [0.15, 0.2) is 0 Å². The second-order valence-corrected chi connectivity index (χ2v) is 7.73. The molecule has 27 heavy (non-hydrogen) atoms. The Morgan fingerprint density at radius 2 is 2.26 bits per heavy atom. The Kier molecular flexibility index (Phi) is 6.19. The van der Waals surface area contributed by atoms with Gasteiger partial charge in [0.1, 0.15) is 16.0 Å². The highest BCUT2D eigenvalue weighted by Crippen LogP contribution is 2.24. The number of pyridine rings is 1. The van der Waals surface area contributed by atoms with E-state index in [-0.39, 0.29) is 36.3 Å². The monoisotopic (exact) mass is 503 g/mol. The molecule has 3 aromatic rings. The standard InChI is InChI=1S/C17H15FIN3O4S/c1-22-12(6-9-2-3-10(19)7-11(9)18)13(16(24)21-26-5-4-23)14-15(17(22)25)27-8-20-14/h2-3,7-8,23H,4-6H2,1H3,(H,21,24). The van der Waals surface area contributed by atoms with Crippen LogP contribution in [0.3, 0.4) is 0 Å². The van der Waals surface area contributed by atoms with Crippen molar-refractivity contribution in [2.45, 2.75) is 6.42 Å². The van der Waals surface area contributed by atoms with Crippen molar-refractivity contribution in [3.63, 3.8) is 0 Å². The Bertz CT molecular complexity index is 1070. The number of hydrogen-bond donors (Lipinski definition) is 2. The van der Waals surface area contributed by atoms with Gasteiger partial charge in [-0.05, 0) is 40.3 Å². The Hall–Kier alpha value is -1.89. The molecule has 0 unspecified atom stereocenters. The predicted octanol–water partition coefficient (Wildman–Crippen LogP) is 1.98. The number of hydrogen-bond acceptors (Lipinski definition) is 6. The molecule has 2 heterocycles. The van der Waals surface area contributed by atoms with Crippen molar-refractivity contribution >= 4 is 50.1 Å². The fourth-order valence-electron chi connectivity index (χ4n) is 2.66. The number of benzene rings is 1. The van der Waals surface area contributed by atoms with Crippen LogP contribution in [0.25, 0.3) is 10.2 Å². The summed E-state index contributed by atoms with van der Waals surface area (Å²) in [6, 6.07) is 4.76. The molecule has 0 spiro atoms. The van der Waals surface area contributed by atoms with Crippen molar-refractivity contribution in [2.75, 3.05) is 13.2 Å². The van der Waals surface area contributed by atoms with E-state index in [2.05, 4.69) is 10.5 Å². The summed E-state index contributed by atoms with van der Waals surface area (Å²) in [7, 11) is 1.53. The highest BCUT2D eigenvalue weighted by atomic mass is 127. The molecular formula is C17H15FIN3O4S. The van der Waals surface area contributed by atoms with Crippen LogP contribution < -0.4 is 11.0 Å². The number of aromatic nitrogens is 2. The average molecular weight is 503 g/mol. The summed E-state index contributed by atoms with van der Waals surface area (Å²) >= 11 is 3.13. The van der Waals surface area contributed by atoms with Gasteiger partial charge in [0.05, 0.1) is 24.3 Å². The lowest BCUT2D eigenvalue weighted by Crippen LogP contribution is -2.31. The minimum atomic E-state index is -0.615. The van der Waals surface area contributed by atoms with Gasteiger partial charge in [-0.3, -0.25) is 14.4 Å². The van der Waals surface area contributed by atoms with Gasteiger partial charge in [-0.25, -0.2) is 14.9 Å². The van der Waals surface area contributed by atoms with Gasteiger partial charge in [0.2, 0.25) is 0 Å². The number of rotatable bonds is 6. The minimum Gasteiger partial charge on any atom is -0.394 e. The maximum Gasteiger partial charge on any atom is 0.278 e. The lowest BCUT2D eigenvalue weighted by atomic mass is 10.0. The molecule has 0 fully saturated rings. The van der Waals surface area contributed by atoms with Gasteiger partial charge in [-0.1, -0.05) is 6.07 Å². The highest BCUT2D eigenvalue weighted by molar-refractivity contribution is 14.1. The number of aliphatic hydroxyl groups is 1. The largest absolute Gasteiger partial charge is 0.394 e. The summed E-state index contributed by atoms with van der Waals surface area (Å²) in [4.78, 5) is 34.4. The van der Waals surface area contributed by atoms with Crippen molar-refractivity contribution < 1.29 is 19.1 Å². The van der Waals surface area contributed by atoms with Gasteiger partial charge in [-0.15, -0.1) is 11.3 Å². The molecule has 142 valence electrons. The molecule has 0 radical (unpaired) electrons. The molecule has 7 nitrogen and oxygen atoms in total. The van der Waals surface area contributed by atoms with Crippen molar-refractivity contribution in [1.29, 1.82) is 0 Å². The normalized spacial score (nSPS) is 11.1. The molecule has 3 rings (SSSR count). The first-order valence-electron chi connectivity index (χ1n) is 7.86. The van der Waals surface area contributed by atoms with Crippen LogP contribution >= 0.6 is 33.9 Å². The van der Waals surface area contributed by atoms with E-state index in [1.54, 1.807) is 12.1 Å². The van der Waals surface area contributed by atoms with Crippen LogP contribution in [0.1, 0.15) is 21.6 Å². The molecule has 10 heteroatoms. The zero-order valence-electron chi connectivity index (χ0n) is 14.2. The number of hydroxylamine groups is 1. The molecule has 0 aliphatic rings. The number of aliphatic hydroxyl groups excluding tert-OH is 1. The summed E-state index contributed by atoms with van der Waals surface area (Å²) < 4.78 is 16.8. The molecule has 0 bridgehead atoms. The number of halogens is 2. The molecule has 0 saturated carbocycles. The zero-order valence-corrected chi connectivity index (χ0v) is 17.1. The highest BCUT2D eigenvalue weighted by Gasteiger charge is 2.23. The third-order valence-electron chi connectivity index (χ3n) is 3.95. The Labute approximate surface area is 170 Å². The van der Waals surface area contributed by atoms with Gasteiger partial charge in [0, 0.05) is 22.7 Å². The van der Waals surface area contributed by atoms with E-state index in [4.69, 9.17) is 9.94 Å². The van der Waals surface area contributed by atoms with Crippen LogP contribution in [0.5, 0.6) is 0 Å². The second kappa shape index (κ2) is 8.42. The fourth-order valence-corrected chi connectivity index (χ4v) is 3.88. The van der Waals surface area contributed by atoms with E-state index in [9.17, 15) is 14.0 Å². The first kappa shape index (κ1) is 19.9. The van der Waals surface area contributed by atoms with Crippen molar-refractivity contribution in [2.24, 2.45) is 7.05 Å². The SMILES string of the molecule is Cn1c(Cc2ccc(I)cc2F)c(C(=O)NOCCO)c2ncsc2c1=O. The summed E-state index contributed by atoms with van der Waals surface area (Å²) in [6.07, 6.45) is 0.0325. The van der Waals surface area contributed by atoms with Gasteiger partial charge >= 0.3 is 0 Å². The molecule has 0 aliphatic carbocycles. The Balaban J connectivity index is 2.14. The maximum absolute atomic E-state index is 14.3. The van der Waals surface area contributed by atoms with Crippen LogP contribution in [-0.2, 0) is 18.3 Å². The minimum absolute atomic E-state index is 0.0325. The third kappa shape index (κ3) is 4.03. The maximum atomic E-state index is 14.3. The van der Waals surface area contributed by atoms with E-state index in [0.717, 1.165) is 14.9 Å². The van der Waals surface area contributed by atoms with E-state index >= 15 is 0 Å². The Morgan fingerprint density at radius 1 is 1.48 bits per heavy atom. The number of carbonyl (C=O) groups is 1. The van der Waals surface area contributed by atoms with Crippen LogP contribution in [0.2, 0.25) is 0 Å². The summed E-state index contributed by atoms with van der Waals surface area (Å²) in [6.45, 7) is -0.348. The average Bonchev–Trinajstić information content (AvgIpc) is 3.11. The number of amides is 1. The van der Waals surface area contributed by atoms with E-state index < -0.39 is 11.7 Å². The van der Waals surface area contributed by atoms with Crippen molar-refractivity contribution in [1.82, 2.24) is 15.0 Å². The van der Waals surface area contributed by atoms with E-state index in [1.165, 1.54) is 23.2 Å². The molecule has 2 aromatic heterocycles. The molecule has 2 N–H and O–H groups in total. The topological polar surface area (TPSA) is 93.5 Å². The van der Waals surface area contributed by atoms with Crippen molar-refractivity contribution in [3.8, 4) is 0 Å².